The van der Waals surface area contributed by atoms with Crippen molar-refractivity contribution < 1.29 is 19.5 Å². The molecule has 0 aromatic heterocycles. The Labute approximate surface area is 146 Å². The van der Waals surface area contributed by atoms with Crippen molar-refractivity contribution in [3.63, 3.8) is 0 Å². The molecule has 9 heteroatoms. The SMILES string of the molecule is CC[C@H](C)[C@H](N)C(=O)N[C@@H](CS)C(=O)N[C@@H](CCSC)C(=O)O. The fourth-order valence-electron chi connectivity index (χ4n) is 1.74. The maximum absolute atomic E-state index is 12.2. The van der Waals surface area contributed by atoms with Gasteiger partial charge >= 0.3 is 5.97 Å². The highest BCUT2D eigenvalue weighted by molar-refractivity contribution is 7.98. The Bertz CT molecular complexity index is 409. The molecule has 0 rings (SSSR count). The summed E-state index contributed by atoms with van der Waals surface area (Å²) in [6.45, 7) is 3.77. The molecule has 2 amide bonds. The molecule has 0 saturated heterocycles. The summed E-state index contributed by atoms with van der Waals surface area (Å²) in [5, 5.41) is 14.1. The second-order valence-electron chi connectivity index (χ2n) is 5.34. The number of thioether (sulfide) groups is 1. The van der Waals surface area contributed by atoms with Gasteiger partial charge in [0, 0.05) is 5.75 Å². The third kappa shape index (κ3) is 7.94. The molecule has 5 N–H and O–H groups in total. The summed E-state index contributed by atoms with van der Waals surface area (Å²) in [5.74, 6) is -1.48. The Kier molecular flexibility index (Phi) is 11.1. The van der Waals surface area contributed by atoms with Gasteiger partial charge in [0.25, 0.3) is 0 Å². The van der Waals surface area contributed by atoms with Gasteiger partial charge in [0.2, 0.25) is 11.8 Å². The molecule has 0 aromatic carbocycles. The van der Waals surface area contributed by atoms with E-state index in [1.165, 1.54) is 11.8 Å². The van der Waals surface area contributed by atoms with Gasteiger partial charge in [-0.15, -0.1) is 0 Å². The van der Waals surface area contributed by atoms with Gasteiger partial charge in [-0.05, 0) is 24.3 Å². The molecule has 23 heavy (non-hydrogen) atoms. The van der Waals surface area contributed by atoms with Crippen LogP contribution in [0.3, 0.4) is 0 Å². The fraction of sp³-hybridized carbons (Fsp3) is 0.786. The molecule has 0 unspecified atom stereocenters. The zero-order valence-corrected chi connectivity index (χ0v) is 15.5. The van der Waals surface area contributed by atoms with Crippen LogP contribution in [0.2, 0.25) is 0 Å². The first-order valence-corrected chi connectivity index (χ1v) is 9.49. The molecule has 0 heterocycles. The molecule has 134 valence electrons. The van der Waals surface area contributed by atoms with E-state index in [-0.39, 0.29) is 11.7 Å². The number of carbonyl (C=O) groups is 3. The summed E-state index contributed by atoms with van der Waals surface area (Å²) < 4.78 is 0. The number of carboxylic acid groups (broad SMARTS) is 1. The van der Waals surface area contributed by atoms with Crippen LogP contribution in [0, 0.1) is 5.92 Å². The summed E-state index contributed by atoms with van der Waals surface area (Å²) in [6, 6.07) is -2.63. The molecular weight excluding hydrogens is 338 g/mol. The minimum atomic E-state index is -1.10. The number of thiol groups is 1. The Morgan fingerprint density at radius 2 is 1.78 bits per heavy atom. The van der Waals surface area contributed by atoms with E-state index < -0.39 is 35.9 Å². The lowest BCUT2D eigenvalue weighted by Crippen LogP contribution is -2.56. The number of rotatable bonds is 11. The molecule has 0 spiro atoms. The van der Waals surface area contributed by atoms with E-state index in [1.807, 2.05) is 20.1 Å². The first kappa shape index (κ1) is 22.1. The van der Waals surface area contributed by atoms with Crippen molar-refractivity contribution in [1.29, 1.82) is 0 Å². The van der Waals surface area contributed by atoms with Crippen LogP contribution in [0.4, 0.5) is 0 Å². The van der Waals surface area contributed by atoms with Crippen LogP contribution in [-0.2, 0) is 14.4 Å². The van der Waals surface area contributed by atoms with Crippen molar-refractivity contribution in [3.05, 3.63) is 0 Å². The van der Waals surface area contributed by atoms with E-state index in [2.05, 4.69) is 23.3 Å². The van der Waals surface area contributed by atoms with E-state index in [0.29, 0.717) is 12.2 Å². The zero-order chi connectivity index (χ0) is 18.0. The first-order valence-electron chi connectivity index (χ1n) is 7.47. The molecule has 0 fully saturated rings. The van der Waals surface area contributed by atoms with Crippen molar-refractivity contribution in [3.8, 4) is 0 Å². The van der Waals surface area contributed by atoms with E-state index in [4.69, 9.17) is 10.8 Å². The van der Waals surface area contributed by atoms with Crippen LogP contribution < -0.4 is 16.4 Å². The lowest BCUT2D eigenvalue weighted by molar-refractivity contribution is -0.142. The van der Waals surface area contributed by atoms with Crippen LogP contribution >= 0.6 is 24.4 Å². The van der Waals surface area contributed by atoms with Crippen LogP contribution in [-0.4, -0.2) is 58.8 Å². The standard InChI is InChI=1S/C14H27N3O4S2/c1-4-8(2)11(15)13(19)17-10(7-22)12(18)16-9(14(20)21)5-6-23-3/h8-11,22H,4-7,15H2,1-3H3,(H,16,18)(H,17,19)(H,20,21)/t8-,9-,10-,11-/m0/s1. The number of carbonyl (C=O) groups excluding carboxylic acids is 2. The van der Waals surface area contributed by atoms with Gasteiger partial charge in [0.1, 0.15) is 12.1 Å². The summed E-state index contributed by atoms with van der Waals surface area (Å²) >= 11 is 5.54. The number of aliphatic carboxylic acids is 1. The number of carboxylic acids is 1. The molecule has 0 aliphatic carbocycles. The second-order valence-corrected chi connectivity index (χ2v) is 6.69. The van der Waals surface area contributed by atoms with Crippen LogP contribution in [0.25, 0.3) is 0 Å². The van der Waals surface area contributed by atoms with Crippen molar-refractivity contribution in [1.82, 2.24) is 10.6 Å². The Balaban J connectivity index is 4.72. The first-order chi connectivity index (χ1) is 10.8. The number of amides is 2. The monoisotopic (exact) mass is 365 g/mol. The Morgan fingerprint density at radius 1 is 1.22 bits per heavy atom. The number of hydrogen-bond donors (Lipinski definition) is 5. The Hall–Kier alpha value is -0.930. The number of nitrogens with two attached hydrogens (primary N) is 1. The van der Waals surface area contributed by atoms with E-state index in [0.717, 1.165) is 6.42 Å². The summed E-state index contributed by atoms with van der Waals surface area (Å²) in [5.41, 5.74) is 5.82. The third-order valence-corrected chi connectivity index (χ3v) is 4.61. The average molecular weight is 366 g/mol. The molecule has 0 bridgehead atoms. The van der Waals surface area contributed by atoms with Gasteiger partial charge in [-0.25, -0.2) is 4.79 Å². The predicted octanol–water partition coefficient (Wildman–Crippen LogP) is 0.0969. The van der Waals surface area contributed by atoms with Gasteiger partial charge in [-0.2, -0.15) is 24.4 Å². The molecule has 0 radical (unpaired) electrons. The maximum atomic E-state index is 12.2. The fourth-order valence-corrected chi connectivity index (χ4v) is 2.47. The summed E-state index contributed by atoms with van der Waals surface area (Å²) in [7, 11) is 0. The van der Waals surface area contributed by atoms with Crippen molar-refractivity contribution >= 4 is 42.2 Å². The summed E-state index contributed by atoms with van der Waals surface area (Å²) in [4.78, 5) is 35.4. The summed E-state index contributed by atoms with van der Waals surface area (Å²) in [6.07, 6.45) is 2.90. The highest BCUT2D eigenvalue weighted by atomic mass is 32.2. The van der Waals surface area contributed by atoms with Crippen molar-refractivity contribution in [2.24, 2.45) is 11.7 Å². The van der Waals surface area contributed by atoms with Crippen molar-refractivity contribution in [2.75, 3.05) is 17.8 Å². The zero-order valence-electron chi connectivity index (χ0n) is 13.7. The minimum absolute atomic E-state index is 0.0213. The van der Waals surface area contributed by atoms with Gasteiger partial charge in [0.15, 0.2) is 0 Å². The normalized spacial score (nSPS) is 16.0. The highest BCUT2D eigenvalue weighted by Gasteiger charge is 2.28. The van der Waals surface area contributed by atoms with Crippen molar-refractivity contribution in [2.45, 2.75) is 44.8 Å². The topological polar surface area (TPSA) is 122 Å². The van der Waals surface area contributed by atoms with Gasteiger partial charge in [0.05, 0.1) is 6.04 Å². The quantitative estimate of drug-likeness (QED) is 0.331. The van der Waals surface area contributed by atoms with E-state index >= 15 is 0 Å². The van der Waals surface area contributed by atoms with Gasteiger partial charge in [-0.3, -0.25) is 9.59 Å². The lowest BCUT2D eigenvalue weighted by Gasteiger charge is -2.23. The van der Waals surface area contributed by atoms with Gasteiger partial charge in [-0.1, -0.05) is 20.3 Å². The molecule has 0 aliphatic rings. The third-order valence-electron chi connectivity index (χ3n) is 3.60. The minimum Gasteiger partial charge on any atom is -0.480 e. The lowest BCUT2D eigenvalue weighted by atomic mass is 9.99. The maximum Gasteiger partial charge on any atom is 0.326 e. The van der Waals surface area contributed by atoms with Gasteiger partial charge < -0.3 is 21.5 Å². The predicted molar refractivity (Wildman–Crippen MR) is 95.8 cm³/mol. The molecule has 4 atom stereocenters. The van der Waals surface area contributed by atoms with Crippen LogP contribution in [0.1, 0.15) is 26.7 Å². The van der Waals surface area contributed by atoms with E-state index in [1.54, 1.807) is 0 Å². The largest absolute Gasteiger partial charge is 0.480 e. The smallest absolute Gasteiger partial charge is 0.326 e. The average Bonchev–Trinajstić information content (AvgIpc) is 2.53. The molecule has 0 aliphatic heterocycles. The number of nitrogens with one attached hydrogen (secondary N) is 2. The molecule has 7 nitrogen and oxygen atoms in total. The van der Waals surface area contributed by atoms with Crippen LogP contribution in [0.15, 0.2) is 0 Å². The van der Waals surface area contributed by atoms with Crippen LogP contribution in [0.5, 0.6) is 0 Å². The molecule has 0 aromatic rings. The molecular formula is C14H27N3O4S2. The highest BCUT2D eigenvalue weighted by Crippen LogP contribution is 2.06. The Morgan fingerprint density at radius 3 is 2.22 bits per heavy atom. The number of hydrogen-bond acceptors (Lipinski definition) is 6. The molecule has 0 saturated carbocycles. The van der Waals surface area contributed by atoms with E-state index in [9.17, 15) is 14.4 Å². The second kappa shape index (κ2) is 11.6.